The Morgan fingerprint density at radius 1 is 1.10 bits per heavy atom. The molecule has 108 valence electrons. The van der Waals surface area contributed by atoms with E-state index in [4.69, 9.17) is 0 Å². The molecular weight excluding hydrogens is 246 g/mol. The van der Waals surface area contributed by atoms with Gasteiger partial charge in [0.1, 0.15) is 5.78 Å². The fraction of sp³-hybridized carbons (Fsp3) is 0.611. The molecular formula is C18H25NO. The van der Waals surface area contributed by atoms with E-state index < -0.39 is 0 Å². The summed E-state index contributed by atoms with van der Waals surface area (Å²) in [6, 6.07) is 10.0. The van der Waals surface area contributed by atoms with Gasteiger partial charge < -0.3 is 0 Å². The average molecular weight is 271 g/mol. The first kappa shape index (κ1) is 13.8. The van der Waals surface area contributed by atoms with E-state index in [1.165, 1.54) is 30.4 Å². The van der Waals surface area contributed by atoms with E-state index in [1.54, 1.807) is 0 Å². The number of hydrogen-bond donors (Lipinski definition) is 0. The van der Waals surface area contributed by atoms with Gasteiger partial charge in [-0.3, -0.25) is 9.69 Å². The zero-order valence-electron chi connectivity index (χ0n) is 12.6. The topological polar surface area (TPSA) is 20.3 Å². The Bertz CT molecular complexity index is 461. The van der Waals surface area contributed by atoms with Crippen LogP contribution in [0.3, 0.4) is 0 Å². The Morgan fingerprint density at radius 3 is 2.25 bits per heavy atom. The molecule has 0 aromatic heterocycles. The van der Waals surface area contributed by atoms with Gasteiger partial charge in [-0.15, -0.1) is 0 Å². The summed E-state index contributed by atoms with van der Waals surface area (Å²) >= 11 is 0. The normalized spacial score (nSPS) is 27.1. The Labute approximate surface area is 122 Å². The maximum atomic E-state index is 11.8. The van der Waals surface area contributed by atoms with Crippen molar-refractivity contribution in [3.05, 3.63) is 35.4 Å². The molecule has 2 heterocycles. The van der Waals surface area contributed by atoms with Crippen molar-refractivity contribution in [1.29, 1.82) is 0 Å². The SMILES string of the molecule is CC(C)c1ccc(CN2C3CCCC2CC(=O)C3)cc1. The standard InChI is InChI=1S/C18H25NO/c1-13(2)15-8-6-14(7-9-15)12-19-16-4-3-5-17(19)11-18(20)10-16/h6-9,13,16-17H,3-5,10-12H2,1-2H3. The van der Waals surface area contributed by atoms with Gasteiger partial charge >= 0.3 is 0 Å². The van der Waals surface area contributed by atoms with E-state index in [-0.39, 0.29) is 0 Å². The van der Waals surface area contributed by atoms with Gasteiger partial charge in [0.05, 0.1) is 0 Å². The van der Waals surface area contributed by atoms with Gasteiger partial charge in [0.25, 0.3) is 0 Å². The van der Waals surface area contributed by atoms with Crippen LogP contribution in [0.25, 0.3) is 0 Å². The lowest BCUT2D eigenvalue weighted by Crippen LogP contribution is -2.51. The summed E-state index contributed by atoms with van der Waals surface area (Å²) < 4.78 is 0. The van der Waals surface area contributed by atoms with Gasteiger partial charge in [0, 0.05) is 31.5 Å². The van der Waals surface area contributed by atoms with E-state index in [0.29, 0.717) is 23.8 Å². The second-order valence-corrected chi connectivity index (χ2v) is 6.75. The number of nitrogens with zero attached hydrogens (tertiary/aromatic N) is 1. The van der Waals surface area contributed by atoms with Gasteiger partial charge in [-0.05, 0) is 29.9 Å². The van der Waals surface area contributed by atoms with Crippen LogP contribution in [0.2, 0.25) is 0 Å². The predicted molar refractivity (Wildman–Crippen MR) is 81.7 cm³/mol. The number of ketones is 1. The Balaban J connectivity index is 1.72. The molecule has 2 heteroatoms. The molecule has 20 heavy (non-hydrogen) atoms. The van der Waals surface area contributed by atoms with Crippen LogP contribution in [0.1, 0.15) is 63.0 Å². The van der Waals surface area contributed by atoms with Crippen LogP contribution >= 0.6 is 0 Å². The zero-order chi connectivity index (χ0) is 14.1. The van der Waals surface area contributed by atoms with Gasteiger partial charge in [-0.2, -0.15) is 0 Å². The van der Waals surface area contributed by atoms with Crippen molar-refractivity contribution >= 4 is 5.78 Å². The quantitative estimate of drug-likeness (QED) is 0.831. The van der Waals surface area contributed by atoms with Crippen LogP contribution < -0.4 is 0 Å². The first-order valence-electron chi connectivity index (χ1n) is 8.00. The highest BCUT2D eigenvalue weighted by molar-refractivity contribution is 5.80. The van der Waals surface area contributed by atoms with Gasteiger partial charge in [0.15, 0.2) is 0 Å². The van der Waals surface area contributed by atoms with Gasteiger partial charge in [-0.1, -0.05) is 44.5 Å². The molecule has 2 unspecified atom stereocenters. The third-order valence-electron chi connectivity index (χ3n) is 4.95. The highest BCUT2D eigenvalue weighted by atomic mass is 16.1. The summed E-state index contributed by atoms with van der Waals surface area (Å²) in [6.07, 6.45) is 5.26. The molecule has 0 saturated carbocycles. The number of benzene rings is 1. The van der Waals surface area contributed by atoms with Crippen molar-refractivity contribution in [1.82, 2.24) is 4.90 Å². The first-order chi connectivity index (χ1) is 9.63. The largest absolute Gasteiger partial charge is 0.300 e. The van der Waals surface area contributed by atoms with Crippen LogP contribution in [0.15, 0.2) is 24.3 Å². The molecule has 2 aliphatic rings. The molecule has 2 atom stereocenters. The summed E-state index contributed by atoms with van der Waals surface area (Å²) in [5, 5.41) is 0. The maximum Gasteiger partial charge on any atom is 0.136 e. The van der Waals surface area contributed by atoms with Crippen LogP contribution in [0.4, 0.5) is 0 Å². The monoisotopic (exact) mass is 271 g/mol. The second-order valence-electron chi connectivity index (χ2n) is 6.75. The van der Waals surface area contributed by atoms with Crippen molar-refractivity contribution in [2.45, 2.75) is 70.5 Å². The van der Waals surface area contributed by atoms with Crippen molar-refractivity contribution in [3.63, 3.8) is 0 Å². The van der Waals surface area contributed by atoms with E-state index in [1.807, 2.05) is 0 Å². The fourth-order valence-corrected chi connectivity index (χ4v) is 3.74. The van der Waals surface area contributed by atoms with E-state index in [0.717, 1.165) is 19.4 Å². The molecule has 0 spiro atoms. The van der Waals surface area contributed by atoms with Crippen LogP contribution in [0.5, 0.6) is 0 Å². The highest BCUT2D eigenvalue weighted by Gasteiger charge is 2.37. The molecule has 0 aliphatic carbocycles. The molecule has 2 saturated heterocycles. The summed E-state index contributed by atoms with van der Waals surface area (Å²) in [5.41, 5.74) is 2.79. The molecule has 3 rings (SSSR count). The highest BCUT2D eigenvalue weighted by Crippen LogP contribution is 2.33. The lowest BCUT2D eigenvalue weighted by molar-refractivity contribution is -0.127. The second kappa shape index (κ2) is 5.69. The van der Waals surface area contributed by atoms with Crippen molar-refractivity contribution < 1.29 is 4.79 Å². The molecule has 2 nitrogen and oxygen atoms in total. The molecule has 0 N–H and O–H groups in total. The lowest BCUT2D eigenvalue weighted by Gasteiger charge is -2.45. The van der Waals surface area contributed by atoms with E-state index >= 15 is 0 Å². The third-order valence-corrected chi connectivity index (χ3v) is 4.95. The molecule has 2 bridgehead atoms. The van der Waals surface area contributed by atoms with Crippen molar-refractivity contribution in [2.24, 2.45) is 0 Å². The summed E-state index contributed by atoms with van der Waals surface area (Å²) in [6.45, 7) is 5.48. The van der Waals surface area contributed by atoms with Crippen LogP contribution in [-0.4, -0.2) is 22.8 Å². The number of piperidine rings is 2. The van der Waals surface area contributed by atoms with Crippen molar-refractivity contribution in [3.8, 4) is 0 Å². The third kappa shape index (κ3) is 2.80. The molecule has 1 aromatic carbocycles. The Morgan fingerprint density at radius 2 is 1.70 bits per heavy atom. The van der Waals surface area contributed by atoms with Crippen molar-refractivity contribution in [2.75, 3.05) is 0 Å². The Hall–Kier alpha value is -1.15. The number of carbonyl (C=O) groups is 1. The van der Waals surface area contributed by atoms with Gasteiger partial charge in [-0.25, -0.2) is 0 Å². The van der Waals surface area contributed by atoms with E-state index in [2.05, 4.69) is 43.0 Å². The minimum atomic E-state index is 0.478. The van der Waals surface area contributed by atoms with Gasteiger partial charge in [0.2, 0.25) is 0 Å². The van der Waals surface area contributed by atoms with Crippen LogP contribution in [-0.2, 0) is 11.3 Å². The molecule has 2 fully saturated rings. The number of rotatable bonds is 3. The summed E-state index contributed by atoms with van der Waals surface area (Å²) in [5.74, 6) is 1.07. The fourth-order valence-electron chi connectivity index (χ4n) is 3.74. The first-order valence-corrected chi connectivity index (χ1v) is 8.00. The molecule has 2 aliphatic heterocycles. The predicted octanol–water partition coefficient (Wildman–Crippen LogP) is 3.90. The maximum absolute atomic E-state index is 11.8. The molecule has 1 aromatic rings. The molecule has 0 radical (unpaired) electrons. The lowest BCUT2D eigenvalue weighted by atomic mass is 9.83. The van der Waals surface area contributed by atoms with E-state index in [9.17, 15) is 4.79 Å². The molecule has 0 amide bonds. The Kier molecular flexibility index (Phi) is 3.93. The minimum absolute atomic E-state index is 0.478. The number of hydrogen-bond acceptors (Lipinski definition) is 2. The number of carbonyl (C=O) groups excluding carboxylic acids is 1. The zero-order valence-corrected chi connectivity index (χ0v) is 12.6. The van der Waals surface area contributed by atoms with Crippen LogP contribution in [0, 0.1) is 0 Å². The minimum Gasteiger partial charge on any atom is -0.300 e. The average Bonchev–Trinajstić information content (AvgIpc) is 2.40. The smallest absolute Gasteiger partial charge is 0.136 e. The summed E-state index contributed by atoms with van der Waals surface area (Å²) in [4.78, 5) is 14.4. The summed E-state index contributed by atoms with van der Waals surface area (Å²) in [7, 11) is 0. The number of Topliss-reactive ketones (excluding diaryl/α,β-unsaturated/α-hetero) is 1. The number of fused-ring (bicyclic) bond motifs is 2.